The van der Waals surface area contributed by atoms with Gasteiger partial charge in [0.25, 0.3) is 0 Å². The third-order valence-electron chi connectivity index (χ3n) is 3.38. The van der Waals surface area contributed by atoms with E-state index in [2.05, 4.69) is 4.98 Å². The van der Waals surface area contributed by atoms with Gasteiger partial charge in [-0.2, -0.15) is 0 Å². The van der Waals surface area contributed by atoms with Crippen molar-refractivity contribution in [2.75, 3.05) is 20.3 Å². The molecule has 0 N–H and O–H groups in total. The summed E-state index contributed by atoms with van der Waals surface area (Å²) in [4.78, 5) is 28.1. The monoisotopic (exact) mass is 427 g/mol. The molecule has 0 fully saturated rings. The smallest absolute Gasteiger partial charge is 0.367 e. The van der Waals surface area contributed by atoms with Crippen LogP contribution in [0, 0.1) is 5.92 Å². The summed E-state index contributed by atoms with van der Waals surface area (Å²) in [7, 11) is 1.47. The predicted molar refractivity (Wildman–Crippen MR) is 106 cm³/mol. The normalized spacial score (nSPS) is 10.6. The largest absolute Gasteiger partial charge is 0.493 e. The highest BCUT2D eigenvalue weighted by Gasteiger charge is 2.18. The van der Waals surface area contributed by atoms with Gasteiger partial charge in [0.1, 0.15) is 6.61 Å². The molecule has 2 aromatic rings. The minimum Gasteiger partial charge on any atom is -0.493 e. The van der Waals surface area contributed by atoms with Crippen LogP contribution < -0.4 is 9.47 Å². The molecule has 0 aliphatic heterocycles. The van der Waals surface area contributed by atoms with Crippen molar-refractivity contribution in [3.63, 3.8) is 0 Å². The fourth-order valence-electron chi connectivity index (χ4n) is 2.11. The van der Waals surface area contributed by atoms with Gasteiger partial charge in [-0.1, -0.05) is 25.4 Å². The summed E-state index contributed by atoms with van der Waals surface area (Å²) in [6, 6.07) is 2.97. The fourth-order valence-corrected chi connectivity index (χ4v) is 3.07. The van der Waals surface area contributed by atoms with Crippen LogP contribution >= 0.6 is 22.9 Å². The number of aromatic nitrogens is 1. The highest BCUT2D eigenvalue weighted by atomic mass is 35.5. The summed E-state index contributed by atoms with van der Waals surface area (Å²) in [6.07, 6.45) is 0. The van der Waals surface area contributed by atoms with Crippen LogP contribution in [0.25, 0.3) is 0 Å². The molecule has 0 saturated heterocycles. The number of thiazole rings is 1. The quantitative estimate of drug-likeness (QED) is 0.549. The number of methoxy groups -OCH3 is 1. The van der Waals surface area contributed by atoms with Gasteiger partial charge >= 0.3 is 11.9 Å². The molecule has 1 aromatic heterocycles. The van der Waals surface area contributed by atoms with Crippen LogP contribution in [0.1, 0.15) is 46.6 Å². The molecule has 0 bridgehead atoms. The van der Waals surface area contributed by atoms with E-state index in [9.17, 15) is 9.59 Å². The van der Waals surface area contributed by atoms with Crippen molar-refractivity contribution >= 4 is 34.9 Å². The van der Waals surface area contributed by atoms with Crippen molar-refractivity contribution in [3.05, 3.63) is 38.8 Å². The number of esters is 2. The maximum atomic E-state index is 12.4. The number of hydrogen-bond donors (Lipinski definition) is 0. The number of halogens is 1. The average Bonchev–Trinajstić information content (AvgIpc) is 3.13. The lowest BCUT2D eigenvalue weighted by Crippen LogP contribution is -2.09. The molecule has 9 heteroatoms. The van der Waals surface area contributed by atoms with Crippen LogP contribution in [0.2, 0.25) is 5.02 Å². The molecule has 0 aliphatic carbocycles. The average molecular weight is 428 g/mol. The van der Waals surface area contributed by atoms with E-state index in [-0.39, 0.29) is 28.8 Å². The first-order valence-corrected chi connectivity index (χ1v) is 9.90. The van der Waals surface area contributed by atoms with Gasteiger partial charge in [0.2, 0.25) is 5.01 Å². The number of carbonyl (C=O) groups excluding carboxylic acids is 2. The molecular weight excluding hydrogens is 406 g/mol. The lowest BCUT2D eigenvalue weighted by Gasteiger charge is -2.15. The summed E-state index contributed by atoms with van der Waals surface area (Å²) >= 11 is 7.38. The molecule has 0 spiro atoms. The Labute approximate surface area is 172 Å². The summed E-state index contributed by atoms with van der Waals surface area (Å²) in [5, 5.41) is 2.10. The van der Waals surface area contributed by atoms with Gasteiger partial charge in [-0.05, 0) is 25.0 Å². The van der Waals surface area contributed by atoms with E-state index in [4.69, 9.17) is 30.5 Å². The number of hydrogen-bond acceptors (Lipinski definition) is 8. The van der Waals surface area contributed by atoms with Gasteiger partial charge in [0, 0.05) is 5.38 Å². The fraction of sp³-hybridized carbons (Fsp3) is 0.421. The molecule has 0 aliphatic rings. The number of nitrogens with zero attached hydrogens (tertiary/aromatic N) is 1. The van der Waals surface area contributed by atoms with Crippen LogP contribution in [-0.2, 0) is 16.1 Å². The molecule has 152 valence electrons. The highest BCUT2D eigenvalue weighted by molar-refractivity contribution is 7.11. The zero-order valence-electron chi connectivity index (χ0n) is 16.1. The Balaban J connectivity index is 2.06. The Morgan fingerprint density at radius 3 is 2.61 bits per heavy atom. The van der Waals surface area contributed by atoms with Gasteiger partial charge < -0.3 is 18.9 Å². The second kappa shape index (κ2) is 10.3. The molecule has 0 saturated carbocycles. The Morgan fingerprint density at radius 1 is 1.21 bits per heavy atom. The first kappa shape index (κ1) is 22.0. The third kappa shape index (κ3) is 5.84. The first-order valence-electron chi connectivity index (χ1n) is 8.64. The summed E-state index contributed by atoms with van der Waals surface area (Å²) < 4.78 is 21.1. The van der Waals surface area contributed by atoms with Gasteiger partial charge in [-0.25, -0.2) is 14.6 Å². The lowest BCUT2D eigenvalue weighted by molar-refractivity contribution is 0.0467. The molecule has 28 heavy (non-hydrogen) atoms. The van der Waals surface area contributed by atoms with E-state index in [0.29, 0.717) is 29.7 Å². The van der Waals surface area contributed by atoms with Crippen molar-refractivity contribution in [1.82, 2.24) is 4.98 Å². The van der Waals surface area contributed by atoms with E-state index < -0.39 is 11.9 Å². The molecule has 0 unspecified atom stereocenters. The Bertz CT molecular complexity index is 836. The van der Waals surface area contributed by atoms with E-state index in [1.807, 2.05) is 13.8 Å². The van der Waals surface area contributed by atoms with Gasteiger partial charge in [-0.3, -0.25) is 0 Å². The molecule has 7 nitrogen and oxygen atoms in total. The van der Waals surface area contributed by atoms with Crippen molar-refractivity contribution in [2.24, 2.45) is 5.92 Å². The van der Waals surface area contributed by atoms with Crippen LogP contribution in [0.3, 0.4) is 0 Å². The van der Waals surface area contributed by atoms with E-state index >= 15 is 0 Å². The van der Waals surface area contributed by atoms with Crippen molar-refractivity contribution in [2.45, 2.75) is 27.4 Å². The van der Waals surface area contributed by atoms with Gasteiger partial charge in [-0.15, -0.1) is 11.3 Å². The van der Waals surface area contributed by atoms with Crippen LogP contribution in [-0.4, -0.2) is 37.2 Å². The van der Waals surface area contributed by atoms with E-state index in [1.54, 1.807) is 12.3 Å². The maximum Gasteiger partial charge on any atom is 0.367 e. The van der Waals surface area contributed by atoms with E-state index in [0.717, 1.165) is 11.3 Å². The van der Waals surface area contributed by atoms with Crippen molar-refractivity contribution in [3.8, 4) is 11.5 Å². The maximum absolute atomic E-state index is 12.4. The zero-order valence-corrected chi connectivity index (χ0v) is 17.7. The van der Waals surface area contributed by atoms with Gasteiger partial charge in [0.05, 0.1) is 36.6 Å². The topological polar surface area (TPSA) is 84.0 Å². The Hall–Kier alpha value is -2.32. The van der Waals surface area contributed by atoms with E-state index in [1.165, 1.54) is 19.2 Å². The summed E-state index contributed by atoms with van der Waals surface area (Å²) in [6.45, 7) is 6.39. The standard InChI is InChI=1S/C19H22ClNO6S/c1-5-25-19(23)17-21-13(10-28-17)9-27-18(22)12-6-14(20)16(15(7-12)24-4)26-8-11(2)3/h6-7,10-11H,5,8-9H2,1-4H3. The minimum absolute atomic E-state index is 0.0831. The minimum atomic E-state index is -0.596. The zero-order chi connectivity index (χ0) is 20.7. The molecule has 0 amide bonds. The third-order valence-corrected chi connectivity index (χ3v) is 4.53. The number of rotatable bonds is 9. The first-order chi connectivity index (χ1) is 13.3. The summed E-state index contributed by atoms with van der Waals surface area (Å²) in [5.41, 5.74) is 0.677. The second-order valence-electron chi connectivity index (χ2n) is 6.13. The van der Waals surface area contributed by atoms with Gasteiger partial charge in [0.15, 0.2) is 11.5 Å². The predicted octanol–water partition coefficient (Wildman–Crippen LogP) is 4.37. The second-order valence-corrected chi connectivity index (χ2v) is 7.40. The van der Waals surface area contributed by atoms with Crippen molar-refractivity contribution in [1.29, 1.82) is 0 Å². The van der Waals surface area contributed by atoms with Crippen molar-refractivity contribution < 1.29 is 28.5 Å². The molecule has 2 rings (SSSR count). The van der Waals surface area contributed by atoms with Crippen LogP contribution in [0.5, 0.6) is 11.5 Å². The molecule has 1 heterocycles. The Morgan fingerprint density at radius 2 is 1.96 bits per heavy atom. The van der Waals surface area contributed by atoms with Crippen LogP contribution in [0.15, 0.2) is 17.5 Å². The Kier molecular flexibility index (Phi) is 8.07. The molecule has 0 atom stereocenters. The molecule has 0 radical (unpaired) electrons. The lowest BCUT2D eigenvalue weighted by atomic mass is 10.2. The number of benzene rings is 1. The highest BCUT2D eigenvalue weighted by Crippen LogP contribution is 2.37. The molecular formula is C19H22ClNO6S. The number of carbonyl (C=O) groups is 2. The molecule has 1 aromatic carbocycles. The van der Waals surface area contributed by atoms with Crippen LogP contribution in [0.4, 0.5) is 0 Å². The summed E-state index contributed by atoms with van der Waals surface area (Å²) in [5.74, 6) is -0.0609. The SMILES string of the molecule is CCOC(=O)c1nc(COC(=O)c2cc(Cl)c(OCC(C)C)c(OC)c2)cs1. The number of ether oxygens (including phenoxy) is 4.